The Morgan fingerprint density at radius 1 is 1.29 bits per heavy atom. The average Bonchev–Trinajstić information content (AvgIpc) is 2.78. The zero-order valence-corrected chi connectivity index (χ0v) is 13.7. The second-order valence-electron chi connectivity index (χ2n) is 7.79. The van der Waals surface area contributed by atoms with Crippen LogP contribution in [0.5, 0.6) is 0 Å². The predicted octanol–water partition coefficient (Wildman–Crippen LogP) is 4.16. The highest BCUT2D eigenvalue weighted by Gasteiger charge is 2.39. The maximum absolute atomic E-state index is 6.85. The van der Waals surface area contributed by atoms with Crippen LogP contribution in [-0.2, 0) is 11.1 Å². The lowest BCUT2D eigenvalue weighted by Crippen LogP contribution is -2.45. The molecule has 0 spiro atoms. The number of benzene rings is 1. The van der Waals surface area contributed by atoms with E-state index in [0.29, 0.717) is 5.92 Å². The second kappa shape index (κ2) is 4.84. The molecule has 1 aromatic carbocycles. The van der Waals surface area contributed by atoms with E-state index in [2.05, 4.69) is 56.5 Å². The van der Waals surface area contributed by atoms with Gasteiger partial charge in [0.05, 0.1) is 16.6 Å². The lowest BCUT2D eigenvalue weighted by atomic mass is 9.76. The Balaban J connectivity index is 2.22. The summed E-state index contributed by atoms with van der Waals surface area (Å²) in [7, 11) is 0. The van der Waals surface area contributed by atoms with Crippen molar-refractivity contribution in [1.29, 1.82) is 0 Å². The first-order valence-electron chi connectivity index (χ1n) is 8.09. The van der Waals surface area contributed by atoms with Gasteiger partial charge in [-0.05, 0) is 51.7 Å². The fourth-order valence-corrected chi connectivity index (χ4v) is 3.83. The number of rotatable bonds is 1. The maximum Gasteiger partial charge on any atom is 0.130 e. The van der Waals surface area contributed by atoms with E-state index in [9.17, 15) is 0 Å². The van der Waals surface area contributed by atoms with Crippen molar-refractivity contribution in [2.75, 3.05) is 0 Å². The molecule has 0 saturated heterocycles. The zero-order chi connectivity index (χ0) is 15.3. The summed E-state index contributed by atoms with van der Waals surface area (Å²) in [4.78, 5) is 4.95. The maximum atomic E-state index is 6.85. The Labute approximate surface area is 127 Å². The molecular formula is C18H27N3. The van der Waals surface area contributed by atoms with Crippen molar-refractivity contribution < 1.29 is 0 Å². The van der Waals surface area contributed by atoms with Crippen molar-refractivity contribution in [3.63, 3.8) is 0 Å². The van der Waals surface area contributed by atoms with E-state index < -0.39 is 0 Å². The van der Waals surface area contributed by atoms with Gasteiger partial charge in [0.25, 0.3) is 0 Å². The number of hydrogen-bond acceptors (Lipinski definition) is 2. The SMILES string of the molecule is CC1CCCC(N)(c2nc3ccccc3n2C(C)(C)C)C1. The first kappa shape index (κ1) is 14.6. The summed E-state index contributed by atoms with van der Waals surface area (Å²) in [6, 6.07) is 8.39. The summed E-state index contributed by atoms with van der Waals surface area (Å²) < 4.78 is 2.36. The highest BCUT2D eigenvalue weighted by atomic mass is 15.2. The lowest BCUT2D eigenvalue weighted by Gasteiger charge is -2.38. The van der Waals surface area contributed by atoms with Gasteiger partial charge in [-0.15, -0.1) is 0 Å². The Bertz CT molecular complexity index is 650. The van der Waals surface area contributed by atoms with E-state index in [4.69, 9.17) is 10.7 Å². The van der Waals surface area contributed by atoms with E-state index in [0.717, 1.165) is 24.2 Å². The van der Waals surface area contributed by atoms with Crippen LogP contribution in [0.2, 0.25) is 0 Å². The normalized spacial score (nSPS) is 27.2. The third-order valence-corrected chi connectivity index (χ3v) is 4.71. The summed E-state index contributed by atoms with van der Waals surface area (Å²) in [5.74, 6) is 1.75. The molecule has 21 heavy (non-hydrogen) atoms. The van der Waals surface area contributed by atoms with Gasteiger partial charge in [0.15, 0.2) is 0 Å². The molecule has 1 fully saturated rings. The van der Waals surface area contributed by atoms with Crippen LogP contribution < -0.4 is 5.73 Å². The minimum absolute atomic E-state index is 0.0154. The molecule has 1 saturated carbocycles. The van der Waals surface area contributed by atoms with Crippen LogP contribution in [0.25, 0.3) is 11.0 Å². The third kappa shape index (κ3) is 2.48. The molecule has 3 nitrogen and oxygen atoms in total. The molecule has 114 valence electrons. The molecule has 0 aliphatic heterocycles. The Hall–Kier alpha value is -1.35. The van der Waals surface area contributed by atoms with E-state index in [1.165, 1.54) is 18.4 Å². The van der Waals surface area contributed by atoms with Crippen LogP contribution in [0.4, 0.5) is 0 Å². The van der Waals surface area contributed by atoms with Gasteiger partial charge in [0, 0.05) is 5.54 Å². The smallest absolute Gasteiger partial charge is 0.130 e. The van der Waals surface area contributed by atoms with Crippen molar-refractivity contribution in [3.05, 3.63) is 30.1 Å². The number of nitrogens with two attached hydrogens (primary N) is 1. The minimum Gasteiger partial charge on any atom is -0.321 e. The van der Waals surface area contributed by atoms with Crippen molar-refractivity contribution in [3.8, 4) is 0 Å². The molecule has 2 unspecified atom stereocenters. The first-order valence-corrected chi connectivity index (χ1v) is 8.09. The topological polar surface area (TPSA) is 43.8 Å². The predicted molar refractivity (Wildman–Crippen MR) is 88.2 cm³/mol. The van der Waals surface area contributed by atoms with Crippen LogP contribution in [0.3, 0.4) is 0 Å². The highest BCUT2D eigenvalue weighted by Crippen LogP contribution is 2.40. The number of fused-ring (bicyclic) bond motifs is 1. The standard InChI is InChI=1S/C18H27N3/c1-13-8-7-11-18(19,12-13)16-20-14-9-5-6-10-15(14)21(16)17(2,3)4/h5-6,9-10,13H,7-8,11-12,19H2,1-4H3. The Morgan fingerprint density at radius 3 is 2.67 bits per heavy atom. The van der Waals surface area contributed by atoms with Gasteiger partial charge in [0.2, 0.25) is 0 Å². The van der Waals surface area contributed by atoms with Crippen molar-refractivity contribution in [1.82, 2.24) is 9.55 Å². The van der Waals surface area contributed by atoms with Crippen LogP contribution in [-0.4, -0.2) is 9.55 Å². The van der Waals surface area contributed by atoms with Gasteiger partial charge in [0.1, 0.15) is 5.82 Å². The number of aromatic nitrogens is 2. The Kier molecular flexibility index (Phi) is 3.36. The number of hydrogen-bond donors (Lipinski definition) is 1. The van der Waals surface area contributed by atoms with Crippen LogP contribution in [0.1, 0.15) is 59.2 Å². The molecule has 2 aromatic rings. The molecule has 0 amide bonds. The molecule has 0 bridgehead atoms. The summed E-state index contributed by atoms with van der Waals surface area (Å²) >= 11 is 0. The summed E-state index contributed by atoms with van der Waals surface area (Å²) in [6.07, 6.45) is 4.56. The molecule has 1 aromatic heterocycles. The van der Waals surface area contributed by atoms with Crippen LogP contribution >= 0.6 is 0 Å². The molecular weight excluding hydrogens is 258 g/mol. The molecule has 1 heterocycles. The van der Waals surface area contributed by atoms with Crippen molar-refractivity contribution in [2.45, 2.75) is 64.5 Å². The molecule has 3 heteroatoms. The summed E-state index contributed by atoms with van der Waals surface area (Å²) in [5, 5.41) is 0. The average molecular weight is 285 g/mol. The molecule has 2 atom stereocenters. The van der Waals surface area contributed by atoms with Gasteiger partial charge >= 0.3 is 0 Å². The number of nitrogens with zero attached hydrogens (tertiary/aromatic N) is 2. The quantitative estimate of drug-likeness (QED) is 0.855. The minimum atomic E-state index is -0.288. The molecule has 0 radical (unpaired) electrons. The largest absolute Gasteiger partial charge is 0.321 e. The van der Waals surface area contributed by atoms with Gasteiger partial charge in [-0.1, -0.05) is 31.9 Å². The molecule has 2 N–H and O–H groups in total. The van der Waals surface area contributed by atoms with Gasteiger partial charge in [-0.3, -0.25) is 0 Å². The van der Waals surface area contributed by atoms with Gasteiger partial charge < -0.3 is 10.3 Å². The van der Waals surface area contributed by atoms with E-state index in [1.807, 2.05) is 0 Å². The van der Waals surface area contributed by atoms with E-state index >= 15 is 0 Å². The van der Waals surface area contributed by atoms with Gasteiger partial charge in [-0.2, -0.15) is 0 Å². The third-order valence-electron chi connectivity index (χ3n) is 4.71. The molecule has 3 rings (SSSR count). The lowest BCUT2D eigenvalue weighted by molar-refractivity contribution is 0.212. The summed E-state index contributed by atoms with van der Waals surface area (Å²) in [5.41, 5.74) is 8.80. The Morgan fingerprint density at radius 2 is 2.00 bits per heavy atom. The van der Waals surface area contributed by atoms with E-state index in [1.54, 1.807) is 0 Å². The van der Waals surface area contributed by atoms with Gasteiger partial charge in [-0.25, -0.2) is 4.98 Å². The first-order chi connectivity index (χ1) is 9.81. The molecule has 1 aliphatic rings. The summed E-state index contributed by atoms with van der Waals surface area (Å²) in [6.45, 7) is 9.02. The fraction of sp³-hybridized carbons (Fsp3) is 0.611. The monoisotopic (exact) mass is 285 g/mol. The van der Waals surface area contributed by atoms with E-state index in [-0.39, 0.29) is 11.1 Å². The van der Waals surface area contributed by atoms with Crippen LogP contribution in [0, 0.1) is 5.92 Å². The van der Waals surface area contributed by atoms with Crippen molar-refractivity contribution in [2.24, 2.45) is 11.7 Å². The molecule has 1 aliphatic carbocycles. The number of para-hydroxylation sites is 2. The number of imidazole rings is 1. The second-order valence-corrected chi connectivity index (χ2v) is 7.79. The highest BCUT2D eigenvalue weighted by molar-refractivity contribution is 5.76. The zero-order valence-electron chi connectivity index (χ0n) is 13.7. The van der Waals surface area contributed by atoms with Crippen molar-refractivity contribution >= 4 is 11.0 Å². The van der Waals surface area contributed by atoms with Crippen LogP contribution in [0.15, 0.2) is 24.3 Å². The fourth-order valence-electron chi connectivity index (χ4n) is 3.83.